The Labute approximate surface area is 143 Å². The smallest absolute Gasteiger partial charge is 0.235 e. The standard InChI is InChI=1S/C16H20N4O3S/c1-9-7-19(8-10(2)23-9)13(12-5-4-6-22-12)14-15(21)20-16(24-14)17-11(3)18-20/h4-6,9-10,13,21H,7-8H2,1-3H3/p+1/t9-,10-,13-/m1/s1. The molecule has 0 aromatic carbocycles. The number of thiazole rings is 1. The third-order valence-electron chi connectivity index (χ3n) is 4.37. The molecular formula is C16H21N4O3S+. The van der Waals surface area contributed by atoms with Gasteiger partial charge in [-0.05, 0) is 32.9 Å². The van der Waals surface area contributed by atoms with Crippen molar-refractivity contribution in [3.63, 3.8) is 0 Å². The van der Waals surface area contributed by atoms with Crippen LogP contribution in [0.4, 0.5) is 0 Å². The SMILES string of the molecule is Cc1nc2sc([C@@H](c3ccco3)[NH+]3C[C@@H](C)O[C@H](C)C3)c(O)n2n1. The summed E-state index contributed by atoms with van der Waals surface area (Å²) in [6, 6.07) is 3.75. The van der Waals surface area contributed by atoms with Crippen LogP contribution in [0.25, 0.3) is 4.96 Å². The molecule has 0 saturated carbocycles. The van der Waals surface area contributed by atoms with E-state index in [9.17, 15) is 5.11 Å². The van der Waals surface area contributed by atoms with Crippen LogP contribution in [0.3, 0.4) is 0 Å². The Hall–Kier alpha value is -1.90. The fourth-order valence-corrected chi connectivity index (χ4v) is 4.72. The van der Waals surface area contributed by atoms with Gasteiger partial charge in [0.05, 0.1) is 6.26 Å². The minimum atomic E-state index is -0.0948. The van der Waals surface area contributed by atoms with E-state index in [-0.39, 0.29) is 24.1 Å². The van der Waals surface area contributed by atoms with Gasteiger partial charge in [-0.15, -0.1) is 5.10 Å². The van der Waals surface area contributed by atoms with Crippen molar-refractivity contribution in [1.29, 1.82) is 0 Å². The van der Waals surface area contributed by atoms with Crippen molar-refractivity contribution in [3.05, 3.63) is 34.9 Å². The summed E-state index contributed by atoms with van der Waals surface area (Å²) < 4.78 is 13.1. The Morgan fingerprint density at radius 3 is 2.75 bits per heavy atom. The molecule has 1 fully saturated rings. The summed E-state index contributed by atoms with van der Waals surface area (Å²) in [4.78, 5) is 7.22. The number of nitrogens with one attached hydrogen (secondary N) is 1. The minimum absolute atomic E-state index is 0.0948. The number of furan rings is 1. The van der Waals surface area contributed by atoms with Crippen LogP contribution in [-0.2, 0) is 4.74 Å². The lowest BCUT2D eigenvalue weighted by molar-refractivity contribution is -0.940. The van der Waals surface area contributed by atoms with E-state index in [1.165, 1.54) is 20.8 Å². The monoisotopic (exact) mass is 349 g/mol. The first kappa shape index (κ1) is 15.6. The maximum absolute atomic E-state index is 10.7. The van der Waals surface area contributed by atoms with Crippen LogP contribution >= 0.6 is 11.3 Å². The quantitative estimate of drug-likeness (QED) is 0.742. The lowest BCUT2D eigenvalue weighted by Crippen LogP contribution is -3.15. The second-order valence-electron chi connectivity index (χ2n) is 6.42. The molecule has 1 saturated heterocycles. The molecule has 3 aromatic heterocycles. The average Bonchev–Trinajstić information content (AvgIpc) is 3.20. The molecule has 0 aliphatic carbocycles. The molecule has 7 nitrogen and oxygen atoms in total. The zero-order valence-electron chi connectivity index (χ0n) is 13.9. The number of ether oxygens (including phenoxy) is 1. The van der Waals surface area contributed by atoms with E-state index in [0.717, 1.165) is 23.7 Å². The topological polar surface area (TPSA) is 77.2 Å². The zero-order valence-corrected chi connectivity index (χ0v) is 14.7. The maximum atomic E-state index is 10.7. The highest BCUT2D eigenvalue weighted by atomic mass is 32.1. The van der Waals surface area contributed by atoms with Gasteiger partial charge in [0.1, 0.15) is 36.0 Å². The molecule has 0 unspecified atom stereocenters. The zero-order chi connectivity index (χ0) is 16.8. The number of aryl methyl sites for hydroxylation is 1. The molecule has 4 heterocycles. The van der Waals surface area contributed by atoms with Crippen LogP contribution in [0, 0.1) is 6.92 Å². The normalized spacial score (nSPS) is 26.0. The lowest BCUT2D eigenvalue weighted by atomic mass is 10.1. The molecule has 1 aliphatic rings. The molecule has 0 bridgehead atoms. The number of hydrogen-bond acceptors (Lipinski definition) is 6. The van der Waals surface area contributed by atoms with Gasteiger partial charge in [0.2, 0.25) is 10.8 Å². The maximum Gasteiger partial charge on any atom is 0.235 e. The van der Waals surface area contributed by atoms with Crippen LogP contribution in [-0.4, -0.2) is 45.0 Å². The van der Waals surface area contributed by atoms with Gasteiger partial charge in [-0.1, -0.05) is 11.3 Å². The highest BCUT2D eigenvalue weighted by molar-refractivity contribution is 7.17. The predicted molar refractivity (Wildman–Crippen MR) is 88.5 cm³/mol. The lowest BCUT2D eigenvalue weighted by Gasteiger charge is -2.36. The third kappa shape index (κ3) is 2.60. The fraction of sp³-hybridized carbons (Fsp3) is 0.500. The van der Waals surface area contributed by atoms with Crippen LogP contribution in [0.15, 0.2) is 22.8 Å². The summed E-state index contributed by atoms with van der Waals surface area (Å²) >= 11 is 1.46. The van der Waals surface area contributed by atoms with E-state index in [0.29, 0.717) is 10.8 Å². The predicted octanol–water partition coefficient (Wildman–Crippen LogP) is 1.18. The third-order valence-corrected chi connectivity index (χ3v) is 5.45. The van der Waals surface area contributed by atoms with Gasteiger partial charge < -0.3 is 19.2 Å². The van der Waals surface area contributed by atoms with E-state index in [4.69, 9.17) is 9.15 Å². The molecule has 8 heteroatoms. The number of rotatable bonds is 3. The van der Waals surface area contributed by atoms with Gasteiger partial charge in [0.25, 0.3) is 0 Å². The van der Waals surface area contributed by atoms with Crippen molar-refractivity contribution in [2.75, 3.05) is 13.1 Å². The second kappa shape index (κ2) is 5.87. The number of nitrogens with zero attached hydrogens (tertiary/aromatic N) is 3. The first-order chi connectivity index (χ1) is 11.5. The van der Waals surface area contributed by atoms with E-state index in [1.807, 2.05) is 19.1 Å². The molecule has 0 radical (unpaired) electrons. The van der Waals surface area contributed by atoms with Gasteiger partial charge >= 0.3 is 0 Å². The highest BCUT2D eigenvalue weighted by Gasteiger charge is 2.38. The highest BCUT2D eigenvalue weighted by Crippen LogP contribution is 2.35. The molecule has 0 spiro atoms. The summed E-state index contributed by atoms with van der Waals surface area (Å²) in [5.41, 5.74) is 0. The Bertz CT molecular complexity index is 831. The van der Waals surface area contributed by atoms with E-state index in [2.05, 4.69) is 23.9 Å². The average molecular weight is 349 g/mol. The summed E-state index contributed by atoms with van der Waals surface area (Å²) in [5.74, 6) is 1.64. The Kier molecular flexibility index (Phi) is 3.82. The number of morpholine rings is 1. The number of quaternary nitrogens is 1. The van der Waals surface area contributed by atoms with Crippen LogP contribution in [0.5, 0.6) is 5.88 Å². The summed E-state index contributed by atoms with van der Waals surface area (Å²) in [6.45, 7) is 7.69. The van der Waals surface area contributed by atoms with Gasteiger partial charge in [-0.3, -0.25) is 0 Å². The van der Waals surface area contributed by atoms with Crippen molar-refractivity contribution in [3.8, 4) is 5.88 Å². The van der Waals surface area contributed by atoms with Crippen LogP contribution < -0.4 is 4.90 Å². The van der Waals surface area contributed by atoms with E-state index in [1.54, 1.807) is 6.26 Å². The van der Waals surface area contributed by atoms with Gasteiger partial charge in [0, 0.05) is 0 Å². The molecule has 1 aliphatic heterocycles. The molecule has 3 atom stereocenters. The van der Waals surface area contributed by atoms with Crippen molar-refractivity contribution in [1.82, 2.24) is 14.6 Å². The summed E-state index contributed by atoms with van der Waals surface area (Å²) in [6.07, 6.45) is 1.99. The van der Waals surface area contributed by atoms with Crippen LogP contribution in [0.1, 0.15) is 36.4 Å². The van der Waals surface area contributed by atoms with Gasteiger partial charge in [-0.2, -0.15) is 4.52 Å². The van der Waals surface area contributed by atoms with Crippen molar-refractivity contribution >= 4 is 16.3 Å². The van der Waals surface area contributed by atoms with Crippen molar-refractivity contribution < 1.29 is 19.2 Å². The van der Waals surface area contributed by atoms with Crippen molar-refractivity contribution in [2.24, 2.45) is 0 Å². The van der Waals surface area contributed by atoms with Gasteiger partial charge in [-0.25, -0.2) is 4.98 Å². The first-order valence-corrected chi connectivity index (χ1v) is 8.93. The summed E-state index contributed by atoms with van der Waals surface area (Å²) in [7, 11) is 0. The van der Waals surface area contributed by atoms with E-state index >= 15 is 0 Å². The fourth-order valence-electron chi connectivity index (χ4n) is 3.56. The molecule has 3 aromatic rings. The largest absolute Gasteiger partial charge is 0.492 e. The second-order valence-corrected chi connectivity index (χ2v) is 7.42. The molecule has 128 valence electrons. The Balaban J connectivity index is 1.80. The number of hydrogen-bond donors (Lipinski definition) is 2. The first-order valence-electron chi connectivity index (χ1n) is 8.11. The molecule has 0 amide bonds. The molecule has 4 rings (SSSR count). The van der Waals surface area contributed by atoms with Crippen molar-refractivity contribution in [2.45, 2.75) is 39.0 Å². The minimum Gasteiger partial charge on any atom is -0.492 e. The number of aromatic nitrogens is 3. The molecular weight excluding hydrogens is 328 g/mol. The van der Waals surface area contributed by atoms with E-state index < -0.39 is 0 Å². The van der Waals surface area contributed by atoms with Gasteiger partial charge in [0.15, 0.2) is 11.8 Å². The molecule has 24 heavy (non-hydrogen) atoms. The molecule has 2 N–H and O–H groups in total. The summed E-state index contributed by atoms with van der Waals surface area (Å²) in [5, 5.41) is 15.0. The Morgan fingerprint density at radius 2 is 2.12 bits per heavy atom. The Morgan fingerprint density at radius 1 is 1.38 bits per heavy atom. The number of aromatic hydroxyl groups is 1. The number of fused-ring (bicyclic) bond motifs is 1. The van der Waals surface area contributed by atoms with Crippen LogP contribution in [0.2, 0.25) is 0 Å².